The molecule has 0 atom stereocenters. The summed E-state index contributed by atoms with van der Waals surface area (Å²) in [5, 5.41) is 3.43. The molecule has 0 saturated carbocycles. The lowest BCUT2D eigenvalue weighted by molar-refractivity contribution is 1.59. The monoisotopic (exact) mass is 198 g/mol. The molecule has 1 heterocycles. The van der Waals surface area contributed by atoms with Crippen LogP contribution in [0.4, 0.5) is 0 Å². The summed E-state index contributed by atoms with van der Waals surface area (Å²) >= 11 is 5.95. The van der Waals surface area contributed by atoms with Crippen LogP contribution in [0.1, 0.15) is 0 Å². The smallest absolute Gasteiger partial charge is 0.0354 e. The Morgan fingerprint density at radius 3 is 3.00 bits per heavy atom. The predicted octanol–water partition coefficient (Wildman–Crippen LogP) is 3.84. The summed E-state index contributed by atoms with van der Waals surface area (Å²) in [5.74, 6) is 0. The average molecular weight is 198 g/mol. The molecule has 11 heavy (non-hydrogen) atoms. The Morgan fingerprint density at radius 1 is 1.27 bits per heavy atom. The third kappa shape index (κ3) is 1.28. The van der Waals surface area contributed by atoms with Gasteiger partial charge in [0.2, 0.25) is 0 Å². The fourth-order valence-corrected chi connectivity index (χ4v) is 2.82. The van der Waals surface area contributed by atoms with Crippen LogP contribution >= 0.6 is 33.8 Å². The van der Waals surface area contributed by atoms with Crippen molar-refractivity contribution >= 4 is 43.9 Å². The number of hydrogen-bond donors (Lipinski definition) is 1. The number of thiophene rings is 1. The van der Waals surface area contributed by atoms with Gasteiger partial charge >= 0.3 is 0 Å². The van der Waals surface area contributed by atoms with Gasteiger partial charge in [0, 0.05) is 15.0 Å². The maximum atomic E-state index is 4.18. The van der Waals surface area contributed by atoms with Crippen LogP contribution in [0, 0.1) is 0 Å². The van der Waals surface area contributed by atoms with Crippen molar-refractivity contribution < 1.29 is 0 Å². The minimum absolute atomic E-state index is 1.24. The van der Waals surface area contributed by atoms with Gasteiger partial charge in [-0.25, -0.2) is 0 Å². The van der Waals surface area contributed by atoms with Crippen molar-refractivity contribution in [3.8, 4) is 0 Å². The van der Waals surface area contributed by atoms with Gasteiger partial charge in [0.1, 0.15) is 0 Å². The highest BCUT2D eigenvalue weighted by Crippen LogP contribution is 2.32. The van der Waals surface area contributed by atoms with Crippen LogP contribution < -0.4 is 0 Å². The van der Waals surface area contributed by atoms with E-state index >= 15 is 0 Å². The van der Waals surface area contributed by atoms with E-state index in [1.807, 2.05) is 0 Å². The summed E-state index contributed by atoms with van der Waals surface area (Å²) in [5.41, 5.74) is 0. The fraction of sp³-hybridized carbons (Fsp3) is 0. The molecule has 2 rings (SSSR count). The van der Waals surface area contributed by atoms with E-state index in [-0.39, 0.29) is 0 Å². The Hall–Kier alpha value is -0.120. The molecule has 0 aliphatic rings. The van der Waals surface area contributed by atoms with Gasteiger partial charge < -0.3 is 0 Å². The van der Waals surface area contributed by atoms with Crippen LogP contribution in [0.5, 0.6) is 0 Å². The molecule has 0 amide bonds. The van der Waals surface area contributed by atoms with E-state index in [1.165, 1.54) is 25.8 Å². The third-order valence-corrected chi connectivity index (χ3v) is 3.58. The topological polar surface area (TPSA) is 0 Å². The first-order valence-electron chi connectivity index (χ1n) is 3.19. The van der Waals surface area contributed by atoms with Gasteiger partial charge in [-0.3, -0.25) is 0 Å². The standard InChI is InChI=1S/C8H6S3/c9-11-8-3-1-2-7-6(8)4-5-10-7/h1-5,9H. The van der Waals surface area contributed by atoms with Crippen molar-refractivity contribution in [3.63, 3.8) is 0 Å². The van der Waals surface area contributed by atoms with Crippen LogP contribution in [0.2, 0.25) is 0 Å². The maximum Gasteiger partial charge on any atom is 0.0354 e. The Kier molecular flexibility index (Phi) is 2.11. The summed E-state index contributed by atoms with van der Waals surface area (Å²) in [6.07, 6.45) is 0. The molecule has 0 spiro atoms. The van der Waals surface area contributed by atoms with E-state index in [2.05, 4.69) is 41.3 Å². The van der Waals surface area contributed by atoms with Crippen molar-refractivity contribution in [1.82, 2.24) is 0 Å². The minimum atomic E-state index is 1.24. The van der Waals surface area contributed by atoms with Gasteiger partial charge in [0.05, 0.1) is 0 Å². The lowest BCUT2D eigenvalue weighted by Gasteiger charge is -1.95. The molecule has 1 aromatic heterocycles. The lowest BCUT2D eigenvalue weighted by atomic mass is 10.3. The maximum absolute atomic E-state index is 4.18. The second kappa shape index (κ2) is 3.09. The molecule has 0 N–H and O–H groups in total. The first kappa shape index (κ1) is 7.53. The SMILES string of the molecule is SSc1cccc2sccc12. The Morgan fingerprint density at radius 2 is 2.18 bits per heavy atom. The van der Waals surface area contributed by atoms with Gasteiger partial charge in [0.25, 0.3) is 0 Å². The zero-order valence-electron chi connectivity index (χ0n) is 5.65. The predicted molar refractivity (Wildman–Crippen MR) is 56.7 cm³/mol. The molecular formula is C8H6S3. The molecule has 0 bridgehead atoms. The molecule has 3 heteroatoms. The average Bonchev–Trinajstić information content (AvgIpc) is 2.50. The number of hydrogen-bond acceptors (Lipinski definition) is 3. The Balaban J connectivity index is 2.79. The molecule has 0 radical (unpaired) electrons. The molecule has 56 valence electrons. The molecule has 2 aromatic rings. The first-order valence-corrected chi connectivity index (χ1v) is 5.94. The largest absolute Gasteiger partial charge is 0.144 e. The van der Waals surface area contributed by atoms with Crippen LogP contribution in [0.3, 0.4) is 0 Å². The van der Waals surface area contributed by atoms with E-state index in [0.717, 1.165) is 0 Å². The summed E-state index contributed by atoms with van der Waals surface area (Å²) in [6, 6.07) is 8.43. The summed E-state index contributed by atoms with van der Waals surface area (Å²) < 4.78 is 1.34. The van der Waals surface area contributed by atoms with Crippen LogP contribution in [0.15, 0.2) is 34.5 Å². The summed E-state index contributed by atoms with van der Waals surface area (Å²) in [6.45, 7) is 0. The fourth-order valence-electron chi connectivity index (χ4n) is 1.05. The van der Waals surface area contributed by atoms with Crippen molar-refractivity contribution in [2.45, 2.75) is 4.90 Å². The van der Waals surface area contributed by atoms with Crippen molar-refractivity contribution in [3.05, 3.63) is 29.6 Å². The third-order valence-electron chi connectivity index (χ3n) is 1.55. The number of rotatable bonds is 1. The van der Waals surface area contributed by atoms with Crippen molar-refractivity contribution in [2.24, 2.45) is 0 Å². The van der Waals surface area contributed by atoms with E-state index in [1.54, 1.807) is 11.3 Å². The van der Waals surface area contributed by atoms with Gasteiger partial charge in [-0.1, -0.05) is 16.9 Å². The van der Waals surface area contributed by atoms with Crippen LogP contribution in [-0.2, 0) is 0 Å². The Labute approximate surface area is 78.4 Å². The normalized spacial score (nSPS) is 10.6. The van der Waals surface area contributed by atoms with Gasteiger partial charge in [-0.2, -0.15) is 0 Å². The van der Waals surface area contributed by atoms with Crippen LogP contribution in [0.25, 0.3) is 10.1 Å². The summed E-state index contributed by atoms with van der Waals surface area (Å²) in [4.78, 5) is 1.24. The number of benzene rings is 1. The Bertz CT molecular complexity index is 364. The van der Waals surface area contributed by atoms with E-state index in [4.69, 9.17) is 0 Å². The highest BCUT2D eigenvalue weighted by molar-refractivity contribution is 8.68. The highest BCUT2D eigenvalue weighted by Gasteiger charge is 1.98. The van der Waals surface area contributed by atoms with E-state index in [9.17, 15) is 0 Å². The highest BCUT2D eigenvalue weighted by atomic mass is 33.1. The molecule has 1 aromatic carbocycles. The van der Waals surface area contributed by atoms with Gasteiger partial charge in [-0.05, 0) is 23.6 Å². The second-order valence-corrected chi connectivity index (χ2v) is 4.30. The molecule has 0 aliphatic carbocycles. The van der Waals surface area contributed by atoms with Gasteiger partial charge in [-0.15, -0.1) is 23.0 Å². The minimum Gasteiger partial charge on any atom is -0.144 e. The van der Waals surface area contributed by atoms with Gasteiger partial charge in [0.15, 0.2) is 0 Å². The number of fused-ring (bicyclic) bond motifs is 1. The molecular weight excluding hydrogens is 192 g/mol. The molecule has 0 unspecified atom stereocenters. The first-order chi connectivity index (χ1) is 5.42. The number of thiol groups is 1. The van der Waals surface area contributed by atoms with Crippen molar-refractivity contribution in [2.75, 3.05) is 0 Å². The second-order valence-electron chi connectivity index (χ2n) is 2.18. The van der Waals surface area contributed by atoms with E-state index < -0.39 is 0 Å². The van der Waals surface area contributed by atoms with Crippen LogP contribution in [-0.4, -0.2) is 0 Å². The molecule has 0 aliphatic heterocycles. The molecule has 0 saturated heterocycles. The quantitative estimate of drug-likeness (QED) is 0.536. The zero-order chi connectivity index (χ0) is 7.68. The molecule has 0 nitrogen and oxygen atoms in total. The molecule has 0 fully saturated rings. The zero-order valence-corrected chi connectivity index (χ0v) is 8.18. The van der Waals surface area contributed by atoms with E-state index in [0.29, 0.717) is 0 Å². The summed E-state index contributed by atoms with van der Waals surface area (Å²) in [7, 11) is 1.50. The van der Waals surface area contributed by atoms with Crippen molar-refractivity contribution in [1.29, 1.82) is 0 Å². The lowest BCUT2D eigenvalue weighted by Crippen LogP contribution is -1.66.